The van der Waals surface area contributed by atoms with Crippen LogP contribution < -0.4 is 5.32 Å². The predicted octanol–water partition coefficient (Wildman–Crippen LogP) is 2.40. The van der Waals surface area contributed by atoms with Crippen molar-refractivity contribution in [1.29, 1.82) is 0 Å². The highest BCUT2D eigenvalue weighted by Gasteiger charge is 2.51. The Hall–Kier alpha value is -0.860. The van der Waals surface area contributed by atoms with E-state index < -0.39 is 0 Å². The molecular weight excluding hydrogens is 208 g/mol. The molecule has 1 aliphatic heterocycles. The Morgan fingerprint density at radius 1 is 1.29 bits per heavy atom. The zero-order chi connectivity index (χ0) is 11.7. The molecule has 1 heterocycles. The summed E-state index contributed by atoms with van der Waals surface area (Å²) in [4.78, 5) is 2.68. The van der Waals surface area contributed by atoms with Crippen LogP contribution in [0.15, 0.2) is 30.3 Å². The molecule has 2 fully saturated rings. The van der Waals surface area contributed by atoms with Gasteiger partial charge < -0.3 is 5.32 Å². The van der Waals surface area contributed by atoms with Crippen LogP contribution in [0.25, 0.3) is 0 Å². The van der Waals surface area contributed by atoms with Crippen LogP contribution in [0.2, 0.25) is 0 Å². The fraction of sp³-hybridized carbons (Fsp3) is 0.600. The van der Waals surface area contributed by atoms with E-state index in [1.54, 1.807) is 0 Å². The SMILES string of the molecule is CNC1(C2CCCN2Cc2ccccc2)CC1. The Kier molecular flexibility index (Phi) is 2.93. The van der Waals surface area contributed by atoms with E-state index >= 15 is 0 Å². The molecule has 2 aliphatic rings. The van der Waals surface area contributed by atoms with E-state index in [1.807, 2.05) is 0 Å². The average Bonchev–Trinajstić information content (AvgIpc) is 3.04. The summed E-state index contributed by atoms with van der Waals surface area (Å²) in [5.74, 6) is 0. The van der Waals surface area contributed by atoms with Crippen LogP contribution >= 0.6 is 0 Å². The first-order chi connectivity index (χ1) is 8.34. The Labute approximate surface area is 104 Å². The third kappa shape index (κ3) is 2.12. The molecule has 2 nitrogen and oxygen atoms in total. The summed E-state index contributed by atoms with van der Waals surface area (Å²) in [6, 6.07) is 11.6. The Bertz CT molecular complexity index is 370. The van der Waals surface area contributed by atoms with Crippen molar-refractivity contribution in [3.63, 3.8) is 0 Å². The minimum absolute atomic E-state index is 0.450. The molecule has 1 saturated carbocycles. The van der Waals surface area contributed by atoms with Crippen LogP contribution in [-0.2, 0) is 6.54 Å². The summed E-state index contributed by atoms with van der Waals surface area (Å²) in [6.07, 6.45) is 5.45. The Balaban J connectivity index is 1.70. The highest BCUT2D eigenvalue weighted by atomic mass is 15.2. The summed E-state index contributed by atoms with van der Waals surface area (Å²) in [6.45, 7) is 2.39. The van der Waals surface area contributed by atoms with Gasteiger partial charge in [0.1, 0.15) is 0 Å². The summed E-state index contributed by atoms with van der Waals surface area (Å²) in [5, 5.41) is 3.57. The first-order valence-corrected chi connectivity index (χ1v) is 6.81. The summed E-state index contributed by atoms with van der Waals surface area (Å²) in [7, 11) is 2.13. The molecule has 3 rings (SSSR count). The van der Waals surface area contributed by atoms with Crippen molar-refractivity contribution in [3.8, 4) is 0 Å². The molecule has 1 N–H and O–H groups in total. The molecule has 1 atom stereocenters. The maximum atomic E-state index is 3.57. The molecule has 17 heavy (non-hydrogen) atoms. The smallest absolute Gasteiger partial charge is 0.0336 e. The van der Waals surface area contributed by atoms with Gasteiger partial charge in [-0.1, -0.05) is 30.3 Å². The molecule has 0 radical (unpaired) electrons. The third-order valence-electron chi connectivity index (χ3n) is 4.52. The zero-order valence-electron chi connectivity index (χ0n) is 10.7. The van der Waals surface area contributed by atoms with Gasteiger partial charge in [0.25, 0.3) is 0 Å². The second kappa shape index (κ2) is 4.43. The normalized spacial score (nSPS) is 27.2. The predicted molar refractivity (Wildman–Crippen MR) is 70.9 cm³/mol. The quantitative estimate of drug-likeness (QED) is 0.854. The van der Waals surface area contributed by atoms with Gasteiger partial charge in [0.15, 0.2) is 0 Å². The monoisotopic (exact) mass is 230 g/mol. The molecule has 2 heteroatoms. The molecule has 1 aliphatic carbocycles. The maximum absolute atomic E-state index is 3.57. The Morgan fingerprint density at radius 2 is 2.06 bits per heavy atom. The Morgan fingerprint density at radius 3 is 2.71 bits per heavy atom. The number of benzene rings is 1. The number of nitrogens with one attached hydrogen (secondary N) is 1. The minimum atomic E-state index is 0.450. The van der Waals surface area contributed by atoms with Crippen molar-refractivity contribution in [2.75, 3.05) is 13.6 Å². The zero-order valence-corrected chi connectivity index (χ0v) is 10.7. The minimum Gasteiger partial charge on any atom is -0.313 e. The van der Waals surface area contributed by atoms with Crippen molar-refractivity contribution in [1.82, 2.24) is 10.2 Å². The van der Waals surface area contributed by atoms with E-state index in [0.29, 0.717) is 5.54 Å². The lowest BCUT2D eigenvalue weighted by Gasteiger charge is -2.31. The van der Waals surface area contributed by atoms with Gasteiger partial charge in [0, 0.05) is 18.1 Å². The lowest BCUT2D eigenvalue weighted by molar-refractivity contribution is 0.191. The molecule has 0 aromatic heterocycles. The lowest BCUT2D eigenvalue weighted by Crippen LogP contribution is -2.47. The molecule has 1 aromatic carbocycles. The van der Waals surface area contributed by atoms with Crippen LogP contribution in [0.4, 0.5) is 0 Å². The van der Waals surface area contributed by atoms with Gasteiger partial charge in [-0.3, -0.25) is 4.90 Å². The van der Waals surface area contributed by atoms with Crippen LogP contribution in [-0.4, -0.2) is 30.1 Å². The number of likely N-dealkylation sites (N-methyl/N-ethyl adjacent to an activating group) is 1. The van der Waals surface area contributed by atoms with E-state index in [-0.39, 0.29) is 0 Å². The van der Waals surface area contributed by atoms with E-state index in [1.165, 1.54) is 37.8 Å². The second-order valence-electron chi connectivity index (χ2n) is 5.52. The molecule has 0 spiro atoms. The van der Waals surface area contributed by atoms with E-state index in [2.05, 4.69) is 47.6 Å². The second-order valence-corrected chi connectivity index (χ2v) is 5.52. The van der Waals surface area contributed by atoms with Crippen LogP contribution in [0.5, 0.6) is 0 Å². The summed E-state index contributed by atoms with van der Waals surface area (Å²) in [5.41, 5.74) is 1.90. The van der Waals surface area contributed by atoms with E-state index in [9.17, 15) is 0 Å². The standard InChI is InChI=1S/C15H22N2/c1-16-15(9-10-15)14-8-5-11-17(14)12-13-6-3-2-4-7-13/h2-4,6-7,14,16H,5,8-12H2,1H3. The highest BCUT2D eigenvalue weighted by molar-refractivity contribution is 5.17. The molecule has 92 valence electrons. The van der Waals surface area contributed by atoms with Crippen molar-refractivity contribution in [2.24, 2.45) is 0 Å². The summed E-state index contributed by atoms with van der Waals surface area (Å²) >= 11 is 0. The maximum Gasteiger partial charge on any atom is 0.0336 e. The molecule has 1 saturated heterocycles. The molecular formula is C15H22N2. The largest absolute Gasteiger partial charge is 0.313 e. The van der Waals surface area contributed by atoms with Gasteiger partial charge in [-0.2, -0.15) is 0 Å². The van der Waals surface area contributed by atoms with Gasteiger partial charge in [0.2, 0.25) is 0 Å². The number of likely N-dealkylation sites (tertiary alicyclic amines) is 1. The van der Waals surface area contributed by atoms with E-state index in [4.69, 9.17) is 0 Å². The number of rotatable bonds is 4. The van der Waals surface area contributed by atoms with Crippen molar-refractivity contribution < 1.29 is 0 Å². The summed E-state index contributed by atoms with van der Waals surface area (Å²) < 4.78 is 0. The number of nitrogens with zero attached hydrogens (tertiary/aromatic N) is 1. The molecule has 1 aromatic rings. The molecule has 0 bridgehead atoms. The molecule has 0 amide bonds. The number of hydrogen-bond donors (Lipinski definition) is 1. The van der Waals surface area contributed by atoms with Gasteiger partial charge in [-0.05, 0) is 44.8 Å². The first-order valence-electron chi connectivity index (χ1n) is 6.81. The fourth-order valence-electron chi connectivity index (χ4n) is 3.34. The van der Waals surface area contributed by atoms with Crippen molar-refractivity contribution in [3.05, 3.63) is 35.9 Å². The van der Waals surface area contributed by atoms with Crippen LogP contribution in [0.3, 0.4) is 0 Å². The van der Waals surface area contributed by atoms with Crippen molar-refractivity contribution >= 4 is 0 Å². The van der Waals surface area contributed by atoms with E-state index in [0.717, 1.165) is 12.6 Å². The number of hydrogen-bond acceptors (Lipinski definition) is 2. The highest BCUT2D eigenvalue weighted by Crippen LogP contribution is 2.44. The fourth-order valence-corrected chi connectivity index (χ4v) is 3.34. The third-order valence-corrected chi connectivity index (χ3v) is 4.52. The van der Waals surface area contributed by atoms with Gasteiger partial charge >= 0.3 is 0 Å². The van der Waals surface area contributed by atoms with Gasteiger partial charge in [0.05, 0.1) is 0 Å². The topological polar surface area (TPSA) is 15.3 Å². The van der Waals surface area contributed by atoms with Crippen LogP contribution in [0, 0.1) is 0 Å². The lowest BCUT2D eigenvalue weighted by atomic mass is 10.0. The average molecular weight is 230 g/mol. The first kappa shape index (κ1) is 11.2. The molecule has 1 unspecified atom stereocenters. The van der Waals surface area contributed by atoms with Gasteiger partial charge in [-0.25, -0.2) is 0 Å². The van der Waals surface area contributed by atoms with Gasteiger partial charge in [-0.15, -0.1) is 0 Å². The van der Waals surface area contributed by atoms with Crippen molar-refractivity contribution in [2.45, 2.75) is 43.8 Å². The van der Waals surface area contributed by atoms with Crippen LogP contribution in [0.1, 0.15) is 31.2 Å².